The maximum Gasteiger partial charge on any atom is 0.193 e. The Morgan fingerprint density at radius 1 is 1.14 bits per heavy atom. The van der Waals surface area contributed by atoms with Crippen LogP contribution in [-0.4, -0.2) is 15.2 Å². The fourth-order valence-corrected chi connectivity index (χ4v) is 3.15. The molecule has 108 valence electrons. The Labute approximate surface area is 130 Å². The smallest absolute Gasteiger partial charge is 0.193 e. The molecule has 0 bridgehead atoms. The molecule has 0 fully saturated rings. The highest BCUT2D eigenvalue weighted by molar-refractivity contribution is 7.13. The molecule has 1 aromatic carbocycles. The molecule has 0 unspecified atom stereocenters. The summed E-state index contributed by atoms with van der Waals surface area (Å²) in [7, 11) is 0. The molecule has 1 N–H and O–H groups in total. The summed E-state index contributed by atoms with van der Waals surface area (Å²) < 4.78 is 5.46. The number of phenols is 1. The van der Waals surface area contributed by atoms with Gasteiger partial charge in [-0.3, -0.25) is 0 Å². The van der Waals surface area contributed by atoms with Crippen molar-refractivity contribution in [1.29, 1.82) is 0 Å². The van der Waals surface area contributed by atoms with Gasteiger partial charge in [0.25, 0.3) is 0 Å². The van der Waals surface area contributed by atoms with Crippen LogP contribution in [0.1, 0.15) is 5.69 Å². The van der Waals surface area contributed by atoms with Gasteiger partial charge in [0.1, 0.15) is 17.0 Å². The number of hydrogen-bond donors (Lipinski definition) is 1. The van der Waals surface area contributed by atoms with Crippen molar-refractivity contribution < 1.29 is 9.63 Å². The van der Waals surface area contributed by atoms with E-state index in [0.717, 1.165) is 32.9 Å². The molecular formula is C17H12N2O2S. The van der Waals surface area contributed by atoms with E-state index in [1.54, 1.807) is 23.5 Å². The predicted molar refractivity (Wildman–Crippen MR) is 87.0 cm³/mol. The van der Waals surface area contributed by atoms with E-state index < -0.39 is 0 Å². The Kier molecular flexibility index (Phi) is 2.94. The molecule has 22 heavy (non-hydrogen) atoms. The maximum atomic E-state index is 9.75. The molecule has 4 rings (SSSR count). The molecule has 0 aliphatic rings. The minimum Gasteiger partial charge on any atom is -0.508 e. The largest absolute Gasteiger partial charge is 0.508 e. The monoisotopic (exact) mass is 308 g/mol. The van der Waals surface area contributed by atoms with E-state index in [-0.39, 0.29) is 5.75 Å². The van der Waals surface area contributed by atoms with Crippen LogP contribution in [0.2, 0.25) is 0 Å². The van der Waals surface area contributed by atoms with Crippen LogP contribution >= 0.6 is 11.3 Å². The second-order valence-corrected chi connectivity index (χ2v) is 5.98. The lowest BCUT2D eigenvalue weighted by atomic mass is 10.0. The van der Waals surface area contributed by atoms with E-state index in [1.165, 1.54) is 0 Å². The van der Waals surface area contributed by atoms with E-state index in [2.05, 4.69) is 10.1 Å². The van der Waals surface area contributed by atoms with Crippen LogP contribution in [0.15, 0.2) is 52.4 Å². The van der Waals surface area contributed by atoms with E-state index in [9.17, 15) is 5.11 Å². The molecule has 4 aromatic rings. The van der Waals surface area contributed by atoms with Gasteiger partial charge in [0.15, 0.2) is 5.58 Å². The van der Waals surface area contributed by atoms with Gasteiger partial charge in [0, 0.05) is 5.56 Å². The summed E-state index contributed by atoms with van der Waals surface area (Å²) in [5.41, 5.74) is 4.79. The second-order valence-electron chi connectivity index (χ2n) is 5.03. The lowest BCUT2D eigenvalue weighted by Crippen LogP contribution is -1.87. The first-order valence-corrected chi connectivity index (χ1v) is 7.70. The molecule has 3 aromatic heterocycles. The number of phenolic OH excluding ortho intramolecular Hbond substituents is 1. The molecule has 4 nitrogen and oxygen atoms in total. The Morgan fingerprint density at radius 3 is 2.82 bits per heavy atom. The van der Waals surface area contributed by atoms with Gasteiger partial charge in [-0.05, 0) is 42.1 Å². The first-order chi connectivity index (χ1) is 10.7. The van der Waals surface area contributed by atoms with Crippen LogP contribution in [-0.2, 0) is 0 Å². The second kappa shape index (κ2) is 4.96. The minimum absolute atomic E-state index is 0.219. The first kappa shape index (κ1) is 13.0. The third kappa shape index (κ3) is 2.07. The summed E-state index contributed by atoms with van der Waals surface area (Å²) in [5, 5.41) is 15.8. The quantitative estimate of drug-likeness (QED) is 0.586. The summed E-state index contributed by atoms with van der Waals surface area (Å²) in [6.07, 6.45) is 0. The molecule has 5 heteroatoms. The van der Waals surface area contributed by atoms with Gasteiger partial charge in [0.05, 0.1) is 10.6 Å². The average molecular weight is 308 g/mol. The fourth-order valence-electron chi connectivity index (χ4n) is 2.47. The average Bonchev–Trinajstić information content (AvgIpc) is 3.17. The number of benzene rings is 1. The molecule has 0 aliphatic carbocycles. The Hall–Kier alpha value is -2.66. The van der Waals surface area contributed by atoms with E-state index >= 15 is 0 Å². The number of fused-ring (bicyclic) bond motifs is 1. The van der Waals surface area contributed by atoms with Crippen molar-refractivity contribution in [2.45, 2.75) is 6.92 Å². The van der Waals surface area contributed by atoms with Gasteiger partial charge in [-0.15, -0.1) is 11.3 Å². The van der Waals surface area contributed by atoms with Gasteiger partial charge in [-0.2, -0.15) is 0 Å². The van der Waals surface area contributed by atoms with Crippen molar-refractivity contribution in [1.82, 2.24) is 10.1 Å². The highest BCUT2D eigenvalue weighted by Crippen LogP contribution is 2.35. The van der Waals surface area contributed by atoms with Crippen LogP contribution in [0.5, 0.6) is 5.75 Å². The number of rotatable bonds is 2. The third-order valence-corrected chi connectivity index (χ3v) is 4.41. The number of hydrogen-bond acceptors (Lipinski definition) is 5. The number of aromatic hydroxyl groups is 1. The molecule has 0 atom stereocenters. The van der Waals surface area contributed by atoms with Crippen LogP contribution in [0, 0.1) is 6.92 Å². The summed E-state index contributed by atoms with van der Waals surface area (Å²) in [6.45, 7) is 1.88. The fraction of sp³-hybridized carbons (Fsp3) is 0.0588. The van der Waals surface area contributed by atoms with Crippen molar-refractivity contribution in [2.24, 2.45) is 0 Å². The zero-order valence-electron chi connectivity index (χ0n) is 11.8. The number of aryl methyl sites for hydroxylation is 1. The molecule has 0 radical (unpaired) electrons. The van der Waals surface area contributed by atoms with Crippen molar-refractivity contribution in [2.75, 3.05) is 0 Å². The van der Waals surface area contributed by atoms with Gasteiger partial charge >= 0.3 is 0 Å². The van der Waals surface area contributed by atoms with Gasteiger partial charge in [0.2, 0.25) is 0 Å². The van der Waals surface area contributed by atoms with Crippen molar-refractivity contribution >= 4 is 22.4 Å². The SMILES string of the molecule is Cc1noc2c(-c3cccc(O)c3)cc(-c3cccs3)nc12. The van der Waals surface area contributed by atoms with Crippen molar-refractivity contribution in [3.05, 3.63) is 53.5 Å². The van der Waals surface area contributed by atoms with Crippen molar-refractivity contribution in [3.8, 4) is 27.4 Å². The van der Waals surface area contributed by atoms with Crippen LogP contribution in [0.25, 0.3) is 32.8 Å². The maximum absolute atomic E-state index is 9.75. The van der Waals surface area contributed by atoms with E-state index in [4.69, 9.17) is 4.52 Å². The van der Waals surface area contributed by atoms with Gasteiger partial charge < -0.3 is 9.63 Å². The Morgan fingerprint density at radius 2 is 2.05 bits per heavy atom. The molecule has 0 spiro atoms. The Balaban J connectivity index is 2.04. The molecular weight excluding hydrogens is 296 g/mol. The van der Waals surface area contributed by atoms with E-state index in [0.29, 0.717) is 5.58 Å². The molecule has 0 aliphatic heterocycles. The summed E-state index contributed by atoms with van der Waals surface area (Å²) in [5.74, 6) is 0.219. The lowest BCUT2D eigenvalue weighted by molar-refractivity contribution is 0.451. The predicted octanol–water partition coefficient (Wildman–Crippen LogP) is 4.63. The minimum atomic E-state index is 0.219. The zero-order chi connectivity index (χ0) is 15.1. The van der Waals surface area contributed by atoms with Crippen LogP contribution < -0.4 is 0 Å². The van der Waals surface area contributed by atoms with Crippen molar-refractivity contribution in [3.63, 3.8) is 0 Å². The number of pyridine rings is 1. The topological polar surface area (TPSA) is 59.2 Å². The molecule has 0 amide bonds. The molecule has 0 saturated heterocycles. The summed E-state index contributed by atoms with van der Waals surface area (Å²) in [4.78, 5) is 5.76. The zero-order valence-corrected chi connectivity index (χ0v) is 12.6. The number of thiophene rings is 1. The van der Waals surface area contributed by atoms with Crippen LogP contribution in [0.4, 0.5) is 0 Å². The Bertz CT molecular complexity index is 958. The lowest BCUT2D eigenvalue weighted by Gasteiger charge is -2.05. The third-order valence-electron chi connectivity index (χ3n) is 3.52. The number of nitrogens with zero attached hydrogens (tertiary/aromatic N) is 2. The standard InChI is InChI=1S/C17H12N2O2S/c1-10-16-17(21-19-10)13(11-4-2-5-12(20)8-11)9-14(18-16)15-6-3-7-22-15/h2-9,20H,1H3. The molecule has 3 heterocycles. The normalized spacial score (nSPS) is 11.1. The van der Waals surface area contributed by atoms with Gasteiger partial charge in [-0.1, -0.05) is 23.4 Å². The highest BCUT2D eigenvalue weighted by Gasteiger charge is 2.16. The first-order valence-electron chi connectivity index (χ1n) is 6.83. The van der Waals surface area contributed by atoms with Gasteiger partial charge in [-0.25, -0.2) is 4.98 Å². The van der Waals surface area contributed by atoms with Crippen LogP contribution in [0.3, 0.4) is 0 Å². The summed E-state index contributed by atoms with van der Waals surface area (Å²) in [6, 6.07) is 13.1. The number of aromatic nitrogens is 2. The molecule has 0 saturated carbocycles. The highest BCUT2D eigenvalue weighted by atomic mass is 32.1. The summed E-state index contributed by atoms with van der Waals surface area (Å²) >= 11 is 1.64. The van der Waals surface area contributed by atoms with E-state index in [1.807, 2.05) is 42.6 Å².